The van der Waals surface area contributed by atoms with Gasteiger partial charge in [0, 0.05) is 19.2 Å². The van der Waals surface area contributed by atoms with Crippen LogP contribution in [0.5, 0.6) is 5.88 Å². The molecule has 1 unspecified atom stereocenters. The summed E-state index contributed by atoms with van der Waals surface area (Å²) >= 11 is 9.79. The maximum atomic E-state index is 12.3. The number of carbonyl (C=O) groups excluding carboxylic acids is 2. The summed E-state index contributed by atoms with van der Waals surface area (Å²) in [6.45, 7) is 1.12. The van der Waals surface area contributed by atoms with E-state index < -0.39 is 0 Å². The van der Waals surface area contributed by atoms with E-state index in [1.807, 2.05) is 12.1 Å². The van der Waals surface area contributed by atoms with Gasteiger partial charge in [0.1, 0.15) is 17.0 Å². The van der Waals surface area contributed by atoms with E-state index in [-0.39, 0.29) is 24.5 Å². The molecule has 122 valence electrons. The molecule has 1 aromatic rings. The van der Waals surface area contributed by atoms with Crippen molar-refractivity contribution in [3.8, 4) is 5.88 Å². The highest BCUT2D eigenvalue weighted by molar-refractivity contribution is 9.10. The Kier molecular flexibility index (Phi) is 5.17. The van der Waals surface area contributed by atoms with Gasteiger partial charge >= 0.3 is 0 Å². The average Bonchev–Trinajstić information content (AvgIpc) is 3.11. The fourth-order valence-corrected chi connectivity index (χ4v) is 3.85. The zero-order valence-electron chi connectivity index (χ0n) is 12.1. The summed E-state index contributed by atoms with van der Waals surface area (Å²) in [5, 5.41) is 0. The van der Waals surface area contributed by atoms with E-state index in [2.05, 4.69) is 20.9 Å². The fraction of sp³-hybridized carbons (Fsp3) is 0.429. The van der Waals surface area contributed by atoms with Crippen molar-refractivity contribution >= 4 is 56.0 Å². The molecule has 0 saturated carbocycles. The molecule has 3 heterocycles. The highest BCUT2D eigenvalue weighted by Gasteiger charge is 2.33. The van der Waals surface area contributed by atoms with Crippen LogP contribution in [0.1, 0.15) is 6.42 Å². The van der Waals surface area contributed by atoms with Crippen LogP contribution in [0.4, 0.5) is 0 Å². The van der Waals surface area contributed by atoms with E-state index in [0.717, 1.165) is 10.9 Å². The van der Waals surface area contributed by atoms with Crippen LogP contribution in [-0.2, 0) is 9.59 Å². The Morgan fingerprint density at radius 1 is 1.57 bits per heavy atom. The zero-order valence-corrected chi connectivity index (χ0v) is 15.3. The predicted molar refractivity (Wildman–Crippen MR) is 94.3 cm³/mol. The molecule has 0 aromatic carbocycles. The number of hydrogen-bond acceptors (Lipinski definition) is 6. The van der Waals surface area contributed by atoms with Crippen molar-refractivity contribution in [3.05, 3.63) is 22.8 Å². The number of amides is 2. The Labute approximate surface area is 151 Å². The van der Waals surface area contributed by atoms with Crippen LogP contribution in [0, 0.1) is 0 Å². The largest absolute Gasteiger partial charge is 0.472 e. The standard InChI is InChI=1S/C14H14BrN3O3S2/c15-10-2-1-4-16-13(10)21-9-3-5-17(6-9)11(19)7-18-12(20)8-23-14(18)22/h1-2,4,9H,3,5-8H2. The maximum Gasteiger partial charge on any atom is 0.242 e. The molecule has 0 bridgehead atoms. The monoisotopic (exact) mass is 415 g/mol. The molecule has 3 rings (SSSR count). The molecule has 2 saturated heterocycles. The molecular weight excluding hydrogens is 402 g/mol. The number of thioether (sulfide) groups is 1. The minimum Gasteiger partial charge on any atom is -0.472 e. The van der Waals surface area contributed by atoms with Crippen molar-refractivity contribution < 1.29 is 14.3 Å². The first-order chi connectivity index (χ1) is 11.0. The summed E-state index contributed by atoms with van der Waals surface area (Å²) in [5.41, 5.74) is 0. The molecule has 0 aliphatic carbocycles. The number of aromatic nitrogens is 1. The topological polar surface area (TPSA) is 62.7 Å². The van der Waals surface area contributed by atoms with E-state index >= 15 is 0 Å². The Balaban J connectivity index is 1.55. The second-order valence-corrected chi connectivity index (χ2v) is 7.66. The summed E-state index contributed by atoms with van der Waals surface area (Å²) in [7, 11) is 0. The van der Waals surface area contributed by atoms with Gasteiger partial charge in [-0.1, -0.05) is 24.0 Å². The lowest BCUT2D eigenvalue weighted by Gasteiger charge is -2.21. The Morgan fingerprint density at radius 3 is 3.09 bits per heavy atom. The normalized spacial score (nSPS) is 21.2. The highest BCUT2D eigenvalue weighted by atomic mass is 79.9. The van der Waals surface area contributed by atoms with Crippen LogP contribution < -0.4 is 4.74 Å². The number of likely N-dealkylation sites (tertiary alicyclic amines) is 1. The second kappa shape index (κ2) is 7.14. The van der Waals surface area contributed by atoms with Gasteiger partial charge in [-0.2, -0.15) is 0 Å². The lowest BCUT2D eigenvalue weighted by atomic mass is 10.3. The lowest BCUT2D eigenvalue weighted by molar-refractivity contribution is -0.135. The Hall–Kier alpha value is -1.19. The molecular formula is C14H14BrN3O3S2. The number of rotatable bonds is 4. The molecule has 9 heteroatoms. The molecule has 2 aliphatic rings. The van der Waals surface area contributed by atoms with Crippen LogP contribution in [0.2, 0.25) is 0 Å². The van der Waals surface area contributed by atoms with Crippen LogP contribution in [-0.4, -0.2) is 62.4 Å². The molecule has 2 aliphatic heterocycles. The molecule has 2 fully saturated rings. The van der Waals surface area contributed by atoms with Crippen molar-refractivity contribution in [2.24, 2.45) is 0 Å². The Morgan fingerprint density at radius 2 is 2.39 bits per heavy atom. The Bertz CT molecular complexity index is 642. The van der Waals surface area contributed by atoms with Gasteiger partial charge in [0.25, 0.3) is 0 Å². The first kappa shape index (κ1) is 16.7. The van der Waals surface area contributed by atoms with Gasteiger partial charge in [-0.25, -0.2) is 4.98 Å². The number of halogens is 1. The third-order valence-electron chi connectivity index (χ3n) is 3.63. The van der Waals surface area contributed by atoms with Gasteiger partial charge in [0.05, 0.1) is 16.8 Å². The van der Waals surface area contributed by atoms with E-state index in [4.69, 9.17) is 17.0 Å². The van der Waals surface area contributed by atoms with E-state index in [1.54, 1.807) is 11.1 Å². The van der Waals surface area contributed by atoms with E-state index in [9.17, 15) is 9.59 Å². The molecule has 0 spiro atoms. The summed E-state index contributed by atoms with van der Waals surface area (Å²) in [6, 6.07) is 3.67. The van der Waals surface area contributed by atoms with Crippen molar-refractivity contribution in [2.75, 3.05) is 25.4 Å². The van der Waals surface area contributed by atoms with Crippen molar-refractivity contribution in [1.29, 1.82) is 0 Å². The van der Waals surface area contributed by atoms with Gasteiger partial charge in [0.2, 0.25) is 17.7 Å². The van der Waals surface area contributed by atoms with E-state index in [0.29, 0.717) is 29.0 Å². The minimum atomic E-state index is -0.102. The second-order valence-electron chi connectivity index (χ2n) is 5.19. The van der Waals surface area contributed by atoms with Gasteiger partial charge in [-0.15, -0.1) is 0 Å². The molecule has 1 aromatic heterocycles. The zero-order chi connectivity index (χ0) is 16.4. The maximum absolute atomic E-state index is 12.3. The number of hydrogen-bond donors (Lipinski definition) is 0. The number of pyridine rings is 1. The van der Waals surface area contributed by atoms with Gasteiger partial charge in [0.15, 0.2) is 0 Å². The van der Waals surface area contributed by atoms with Crippen LogP contribution in [0.25, 0.3) is 0 Å². The third-order valence-corrected chi connectivity index (χ3v) is 5.67. The smallest absolute Gasteiger partial charge is 0.242 e. The predicted octanol–water partition coefficient (Wildman–Crippen LogP) is 1.68. The summed E-state index contributed by atoms with van der Waals surface area (Å²) in [4.78, 5) is 31.3. The van der Waals surface area contributed by atoms with Crippen molar-refractivity contribution in [2.45, 2.75) is 12.5 Å². The first-order valence-electron chi connectivity index (χ1n) is 7.06. The molecule has 2 amide bonds. The molecule has 0 radical (unpaired) electrons. The van der Waals surface area contributed by atoms with Crippen LogP contribution in [0.15, 0.2) is 22.8 Å². The van der Waals surface area contributed by atoms with Crippen molar-refractivity contribution in [1.82, 2.24) is 14.8 Å². The highest BCUT2D eigenvalue weighted by Crippen LogP contribution is 2.25. The molecule has 23 heavy (non-hydrogen) atoms. The minimum absolute atomic E-state index is 0.0185. The fourth-order valence-electron chi connectivity index (χ4n) is 2.44. The van der Waals surface area contributed by atoms with Crippen LogP contribution >= 0.6 is 39.9 Å². The van der Waals surface area contributed by atoms with Gasteiger partial charge < -0.3 is 9.64 Å². The summed E-state index contributed by atoms with van der Waals surface area (Å²) in [5.74, 6) is 0.650. The summed E-state index contributed by atoms with van der Waals surface area (Å²) in [6.07, 6.45) is 2.30. The number of ether oxygens (including phenoxy) is 1. The third kappa shape index (κ3) is 3.84. The molecule has 0 N–H and O–H groups in total. The lowest BCUT2D eigenvalue weighted by Crippen LogP contribution is -2.41. The van der Waals surface area contributed by atoms with E-state index in [1.165, 1.54) is 16.7 Å². The average molecular weight is 416 g/mol. The SMILES string of the molecule is O=C(CN1C(=O)CSC1=S)N1CCC(Oc2ncccc2Br)C1. The van der Waals surface area contributed by atoms with Gasteiger partial charge in [-0.05, 0) is 28.1 Å². The quantitative estimate of drug-likeness (QED) is 0.697. The van der Waals surface area contributed by atoms with Crippen LogP contribution in [0.3, 0.4) is 0 Å². The number of carbonyl (C=O) groups is 2. The first-order valence-corrected chi connectivity index (χ1v) is 9.25. The number of nitrogens with zero attached hydrogens (tertiary/aromatic N) is 3. The number of thiocarbonyl (C=S) groups is 1. The van der Waals surface area contributed by atoms with Crippen molar-refractivity contribution in [3.63, 3.8) is 0 Å². The van der Waals surface area contributed by atoms with Gasteiger partial charge in [-0.3, -0.25) is 14.5 Å². The molecule has 6 nitrogen and oxygen atoms in total. The summed E-state index contributed by atoms with van der Waals surface area (Å²) < 4.78 is 7.10. The molecule has 1 atom stereocenters.